The molecule has 1 aliphatic heterocycles. The molecule has 0 aromatic carbocycles. The van der Waals surface area contributed by atoms with Gasteiger partial charge in [-0.05, 0) is 33.6 Å². The average Bonchev–Trinajstić information content (AvgIpc) is 2.66. The van der Waals surface area contributed by atoms with Gasteiger partial charge in [-0.3, -0.25) is 9.59 Å². The van der Waals surface area contributed by atoms with Crippen LogP contribution in [0.3, 0.4) is 0 Å². The fourth-order valence-electron chi connectivity index (χ4n) is 2.16. The molecule has 0 aliphatic carbocycles. The molecule has 1 aliphatic rings. The third-order valence-electron chi connectivity index (χ3n) is 3.25. The second-order valence-corrected chi connectivity index (χ2v) is 5.32. The Kier molecular flexibility index (Phi) is 5.59. The van der Waals surface area contributed by atoms with Crippen LogP contribution in [-0.2, 0) is 9.59 Å². The molecule has 2 N–H and O–H groups in total. The van der Waals surface area contributed by atoms with E-state index in [1.54, 1.807) is 11.8 Å². The predicted octanol–water partition coefficient (Wildman–Crippen LogP) is 0.520. The van der Waals surface area contributed by atoms with Crippen LogP contribution in [0.15, 0.2) is 0 Å². The van der Waals surface area contributed by atoms with E-state index in [1.165, 1.54) is 0 Å². The van der Waals surface area contributed by atoms with E-state index in [9.17, 15) is 9.59 Å². The molecule has 18 heavy (non-hydrogen) atoms. The first-order chi connectivity index (χ1) is 8.41. The summed E-state index contributed by atoms with van der Waals surface area (Å²) >= 11 is 0. The van der Waals surface area contributed by atoms with Gasteiger partial charge in [0.2, 0.25) is 11.8 Å². The number of amides is 2. The van der Waals surface area contributed by atoms with E-state index in [-0.39, 0.29) is 29.9 Å². The van der Waals surface area contributed by atoms with Gasteiger partial charge in [0.15, 0.2) is 0 Å². The predicted molar refractivity (Wildman–Crippen MR) is 68.9 cm³/mol. The van der Waals surface area contributed by atoms with Crippen LogP contribution in [-0.4, -0.2) is 47.1 Å². The van der Waals surface area contributed by atoms with Crippen molar-refractivity contribution in [3.05, 3.63) is 0 Å². The first-order valence-corrected chi connectivity index (χ1v) is 6.67. The molecule has 5 nitrogen and oxygen atoms in total. The standard InChI is InChI=1S/C13H24N2O3/c1-9(2)15-8-11(7-12(15)17)13(18)14-6-4-5-10(3)16/h9-11,16H,4-8H2,1-3H3,(H,14,18). The van der Waals surface area contributed by atoms with Crippen LogP contribution in [0.2, 0.25) is 0 Å². The van der Waals surface area contributed by atoms with Gasteiger partial charge < -0.3 is 15.3 Å². The fraction of sp³-hybridized carbons (Fsp3) is 0.846. The van der Waals surface area contributed by atoms with Crippen molar-refractivity contribution >= 4 is 11.8 Å². The van der Waals surface area contributed by atoms with Crippen molar-refractivity contribution < 1.29 is 14.7 Å². The number of hydrogen-bond donors (Lipinski definition) is 2. The Morgan fingerprint density at radius 3 is 2.67 bits per heavy atom. The van der Waals surface area contributed by atoms with E-state index < -0.39 is 0 Å². The van der Waals surface area contributed by atoms with E-state index >= 15 is 0 Å². The van der Waals surface area contributed by atoms with Gasteiger partial charge in [0.25, 0.3) is 0 Å². The molecule has 1 fully saturated rings. The molecule has 0 aromatic heterocycles. The fourth-order valence-corrected chi connectivity index (χ4v) is 2.16. The van der Waals surface area contributed by atoms with Crippen molar-refractivity contribution in [2.45, 2.75) is 52.2 Å². The monoisotopic (exact) mass is 256 g/mol. The highest BCUT2D eigenvalue weighted by Gasteiger charge is 2.35. The first kappa shape index (κ1) is 15.0. The lowest BCUT2D eigenvalue weighted by Crippen LogP contribution is -2.35. The Morgan fingerprint density at radius 2 is 2.17 bits per heavy atom. The Hall–Kier alpha value is -1.10. The van der Waals surface area contributed by atoms with Crippen molar-refractivity contribution in [1.82, 2.24) is 10.2 Å². The highest BCUT2D eigenvalue weighted by Crippen LogP contribution is 2.20. The molecule has 1 saturated heterocycles. The Balaban J connectivity index is 2.29. The minimum absolute atomic E-state index is 0.0444. The maximum Gasteiger partial charge on any atom is 0.225 e. The van der Waals surface area contributed by atoms with E-state index in [0.717, 1.165) is 6.42 Å². The van der Waals surface area contributed by atoms with Gasteiger partial charge in [0.05, 0.1) is 12.0 Å². The van der Waals surface area contributed by atoms with E-state index in [2.05, 4.69) is 5.32 Å². The number of aliphatic hydroxyl groups is 1. The van der Waals surface area contributed by atoms with Gasteiger partial charge in [-0.15, -0.1) is 0 Å². The molecule has 1 heterocycles. The Labute approximate surface area is 109 Å². The molecule has 0 aromatic rings. The highest BCUT2D eigenvalue weighted by atomic mass is 16.3. The number of nitrogens with zero attached hydrogens (tertiary/aromatic N) is 1. The van der Waals surface area contributed by atoms with Gasteiger partial charge in [0.1, 0.15) is 0 Å². The number of carbonyl (C=O) groups is 2. The van der Waals surface area contributed by atoms with Crippen LogP contribution in [0.5, 0.6) is 0 Å². The van der Waals surface area contributed by atoms with Gasteiger partial charge in [-0.2, -0.15) is 0 Å². The summed E-state index contributed by atoms with van der Waals surface area (Å²) in [6.07, 6.45) is 1.44. The Bertz CT molecular complexity index is 303. The van der Waals surface area contributed by atoms with Crippen LogP contribution in [0.25, 0.3) is 0 Å². The summed E-state index contributed by atoms with van der Waals surface area (Å²) in [5.41, 5.74) is 0. The lowest BCUT2D eigenvalue weighted by molar-refractivity contribution is -0.129. The Morgan fingerprint density at radius 1 is 1.50 bits per heavy atom. The normalized spacial score (nSPS) is 21.5. The van der Waals surface area contributed by atoms with Crippen molar-refractivity contribution in [3.63, 3.8) is 0 Å². The summed E-state index contributed by atoms with van der Waals surface area (Å²) in [6.45, 7) is 6.74. The molecule has 0 spiro atoms. The molecule has 0 radical (unpaired) electrons. The SMILES string of the molecule is CC(O)CCCNC(=O)C1CC(=O)N(C(C)C)C1. The van der Waals surface area contributed by atoms with Gasteiger partial charge in [-0.25, -0.2) is 0 Å². The third kappa shape index (κ3) is 4.29. The molecule has 104 valence electrons. The minimum atomic E-state index is -0.327. The van der Waals surface area contributed by atoms with Crippen LogP contribution in [0, 0.1) is 5.92 Å². The van der Waals surface area contributed by atoms with E-state index in [0.29, 0.717) is 25.9 Å². The lowest BCUT2D eigenvalue weighted by atomic mass is 10.1. The molecule has 1 rings (SSSR count). The summed E-state index contributed by atoms with van der Waals surface area (Å²) in [7, 11) is 0. The number of nitrogens with one attached hydrogen (secondary N) is 1. The van der Waals surface area contributed by atoms with Crippen molar-refractivity contribution in [2.75, 3.05) is 13.1 Å². The smallest absolute Gasteiger partial charge is 0.225 e. The maximum absolute atomic E-state index is 11.9. The topological polar surface area (TPSA) is 69.6 Å². The van der Waals surface area contributed by atoms with Crippen LogP contribution >= 0.6 is 0 Å². The molecular formula is C13H24N2O3. The molecule has 5 heteroatoms. The summed E-state index contributed by atoms with van der Waals surface area (Å²) in [5.74, 6) is -0.197. The molecule has 0 saturated carbocycles. The number of rotatable bonds is 6. The molecule has 0 bridgehead atoms. The van der Waals surface area contributed by atoms with Crippen LogP contribution < -0.4 is 5.32 Å². The van der Waals surface area contributed by atoms with Crippen molar-refractivity contribution in [2.24, 2.45) is 5.92 Å². The quantitative estimate of drug-likeness (QED) is 0.681. The summed E-state index contributed by atoms with van der Waals surface area (Å²) in [5, 5.41) is 11.9. The second kappa shape index (κ2) is 6.73. The zero-order chi connectivity index (χ0) is 13.7. The lowest BCUT2D eigenvalue weighted by Gasteiger charge is -2.20. The van der Waals surface area contributed by atoms with Gasteiger partial charge in [0, 0.05) is 25.6 Å². The largest absolute Gasteiger partial charge is 0.393 e. The number of hydrogen-bond acceptors (Lipinski definition) is 3. The summed E-state index contributed by atoms with van der Waals surface area (Å²) < 4.78 is 0. The number of likely N-dealkylation sites (tertiary alicyclic amines) is 1. The number of carbonyl (C=O) groups excluding carboxylic acids is 2. The van der Waals surface area contributed by atoms with Crippen LogP contribution in [0.4, 0.5) is 0 Å². The second-order valence-electron chi connectivity index (χ2n) is 5.32. The van der Waals surface area contributed by atoms with Crippen molar-refractivity contribution in [3.8, 4) is 0 Å². The van der Waals surface area contributed by atoms with E-state index in [4.69, 9.17) is 5.11 Å². The van der Waals surface area contributed by atoms with Gasteiger partial charge in [-0.1, -0.05) is 0 Å². The van der Waals surface area contributed by atoms with Crippen molar-refractivity contribution in [1.29, 1.82) is 0 Å². The maximum atomic E-state index is 11.9. The number of aliphatic hydroxyl groups excluding tert-OH is 1. The van der Waals surface area contributed by atoms with Crippen LogP contribution in [0.1, 0.15) is 40.0 Å². The third-order valence-corrected chi connectivity index (χ3v) is 3.25. The zero-order valence-corrected chi connectivity index (χ0v) is 11.5. The molecule has 2 atom stereocenters. The average molecular weight is 256 g/mol. The summed E-state index contributed by atoms with van der Waals surface area (Å²) in [4.78, 5) is 25.3. The van der Waals surface area contributed by atoms with Gasteiger partial charge >= 0.3 is 0 Å². The highest BCUT2D eigenvalue weighted by molar-refractivity contribution is 5.89. The van der Waals surface area contributed by atoms with E-state index in [1.807, 2.05) is 13.8 Å². The molecule has 2 unspecified atom stereocenters. The first-order valence-electron chi connectivity index (χ1n) is 6.67. The molecule has 2 amide bonds. The minimum Gasteiger partial charge on any atom is -0.393 e. The molecular weight excluding hydrogens is 232 g/mol. The zero-order valence-electron chi connectivity index (χ0n) is 11.5. The summed E-state index contributed by atoms with van der Waals surface area (Å²) in [6, 6.07) is 0.158.